The maximum Gasteiger partial charge on any atom is 0.323 e. The molecule has 3 rings (SSSR count). The van der Waals surface area contributed by atoms with E-state index in [1.165, 1.54) is 30.1 Å². The lowest BCUT2D eigenvalue weighted by molar-refractivity contribution is -0.137. The molecule has 0 amide bonds. The average Bonchev–Trinajstić information content (AvgIpc) is 2.72. The van der Waals surface area contributed by atoms with E-state index in [-0.39, 0.29) is 18.1 Å². The summed E-state index contributed by atoms with van der Waals surface area (Å²) in [6, 6.07) is 2.67. The Morgan fingerprint density at radius 1 is 1.48 bits per heavy atom. The van der Waals surface area contributed by atoms with Gasteiger partial charge in [-0.3, -0.25) is 4.79 Å². The van der Waals surface area contributed by atoms with Crippen LogP contribution in [0.1, 0.15) is 0 Å². The van der Waals surface area contributed by atoms with Crippen molar-refractivity contribution in [3.63, 3.8) is 0 Å². The monoisotopic (exact) mass is 290 g/mol. The summed E-state index contributed by atoms with van der Waals surface area (Å²) in [5.74, 6) is -1.43. The molecule has 0 fully saturated rings. The molecule has 8 heteroatoms. The fourth-order valence-electron chi connectivity index (χ4n) is 2.38. The zero-order valence-electron chi connectivity index (χ0n) is 11.0. The van der Waals surface area contributed by atoms with Gasteiger partial charge in [0.2, 0.25) is 0 Å². The molecule has 0 spiro atoms. The van der Waals surface area contributed by atoms with Crippen molar-refractivity contribution >= 4 is 33.7 Å². The molecule has 0 unspecified atom stereocenters. The predicted octanol–water partition coefficient (Wildman–Crippen LogP) is 1.40. The van der Waals surface area contributed by atoms with Gasteiger partial charge < -0.3 is 20.1 Å². The highest BCUT2D eigenvalue weighted by Crippen LogP contribution is 2.34. The molecule has 108 valence electrons. The van der Waals surface area contributed by atoms with E-state index in [1.807, 2.05) is 0 Å². The normalized spacial score (nSPS) is 11.1. The molecule has 0 radical (unpaired) electrons. The predicted molar refractivity (Wildman–Crippen MR) is 73.6 cm³/mol. The van der Waals surface area contributed by atoms with Crippen LogP contribution in [-0.2, 0) is 11.3 Å². The van der Waals surface area contributed by atoms with Crippen molar-refractivity contribution in [3.8, 4) is 5.75 Å². The highest BCUT2D eigenvalue weighted by Gasteiger charge is 2.19. The Labute approximate surface area is 117 Å². The highest BCUT2D eigenvalue weighted by atomic mass is 19.1. The number of carboxylic acid groups (broad SMARTS) is 1. The molecule has 3 N–H and O–H groups in total. The van der Waals surface area contributed by atoms with E-state index in [4.69, 9.17) is 15.6 Å². The molecule has 2 aromatic heterocycles. The summed E-state index contributed by atoms with van der Waals surface area (Å²) in [4.78, 5) is 19.0. The molecule has 0 bridgehead atoms. The van der Waals surface area contributed by atoms with Crippen LogP contribution >= 0.6 is 0 Å². The zero-order valence-corrected chi connectivity index (χ0v) is 11.0. The Morgan fingerprint density at radius 3 is 2.90 bits per heavy atom. The number of nitrogens with two attached hydrogens (primary N) is 1. The van der Waals surface area contributed by atoms with Gasteiger partial charge in [-0.15, -0.1) is 0 Å². The number of nitrogen functional groups attached to an aromatic ring is 1. The van der Waals surface area contributed by atoms with E-state index < -0.39 is 11.8 Å². The van der Waals surface area contributed by atoms with Crippen molar-refractivity contribution in [2.24, 2.45) is 0 Å². The molecule has 0 saturated heterocycles. The van der Waals surface area contributed by atoms with Crippen LogP contribution in [0.2, 0.25) is 0 Å². The topological polar surface area (TPSA) is 103 Å². The van der Waals surface area contributed by atoms with Gasteiger partial charge in [-0.05, 0) is 6.07 Å². The van der Waals surface area contributed by atoms with Crippen LogP contribution in [0.3, 0.4) is 0 Å². The van der Waals surface area contributed by atoms with Gasteiger partial charge in [-0.25, -0.2) is 14.4 Å². The Hall–Kier alpha value is -2.90. The number of hydrogen-bond donors (Lipinski definition) is 2. The zero-order chi connectivity index (χ0) is 15.1. The number of carboxylic acids is 1. The minimum atomic E-state index is -1.05. The number of rotatable bonds is 3. The number of benzene rings is 1. The number of methoxy groups -OCH3 is 1. The largest absolute Gasteiger partial charge is 0.494 e. The summed E-state index contributed by atoms with van der Waals surface area (Å²) in [5.41, 5.74) is 6.63. The van der Waals surface area contributed by atoms with Gasteiger partial charge >= 0.3 is 5.97 Å². The van der Waals surface area contributed by atoms with Crippen LogP contribution < -0.4 is 10.5 Å². The molecule has 3 aromatic rings. The molecular formula is C13H11FN4O3. The third-order valence-electron chi connectivity index (χ3n) is 3.24. The van der Waals surface area contributed by atoms with Crippen molar-refractivity contribution in [2.45, 2.75) is 6.54 Å². The highest BCUT2D eigenvalue weighted by molar-refractivity contribution is 6.12. The lowest BCUT2D eigenvalue weighted by atomic mass is 10.2. The summed E-state index contributed by atoms with van der Waals surface area (Å²) in [7, 11) is 1.34. The minimum absolute atomic E-state index is 0.0171. The van der Waals surface area contributed by atoms with Crippen molar-refractivity contribution in [2.75, 3.05) is 12.8 Å². The first-order chi connectivity index (χ1) is 10.0. The standard InChI is InChI=1S/C13H11FN4O3/c1-21-9-3-8-6(2-7(9)14)11-12(15)16-5-17-13(11)18(8)4-10(19)20/h2-3,5H,4H2,1H3,(H,19,20)(H2,15,16,17). The summed E-state index contributed by atoms with van der Waals surface area (Å²) >= 11 is 0. The van der Waals surface area contributed by atoms with Crippen molar-refractivity contribution in [3.05, 3.63) is 24.3 Å². The van der Waals surface area contributed by atoms with Gasteiger partial charge in [-0.1, -0.05) is 0 Å². The van der Waals surface area contributed by atoms with Gasteiger partial charge in [0.1, 0.15) is 24.3 Å². The van der Waals surface area contributed by atoms with Crippen LogP contribution in [0.15, 0.2) is 18.5 Å². The molecule has 7 nitrogen and oxygen atoms in total. The first-order valence-corrected chi connectivity index (χ1v) is 6.00. The van der Waals surface area contributed by atoms with Gasteiger partial charge in [0, 0.05) is 11.5 Å². The van der Waals surface area contributed by atoms with Crippen LogP contribution in [0.25, 0.3) is 21.9 Å². The number of anilines is 1. The third-order valence-corrected chi connectivity index (χ3v) is 3.24. The Kier molecular flexibility index (Phi) is 2.86. The van der Waals surface area contributed by atoms with Gasteiger partial charge in [-0.2, -0.15) is 0 Å². The maximum absolute atomic E-state index is 13.9. The van der Waals surface area contributed by atoms with Crippen LogP contribution in [-0.4, -0.2) is 32.7 Å². The Morgan fingerprint density at radius 2 is 2.24 bits per heavy atom. The fraction of sp³-hybridized carbons (Fsp3) is 0.154. The number of carbonyl (C=O) groups is 1. The summed E-state index contributed by atoms with van der Waals surface area (Å²) < 4.78 is 20.3. The van der Waals surface area contributed by atoms with Crippen molar-refractivity contribution in [1.29, 1.82) is 0 Å². The second-order valence-corrected chi connectivity index (χ2v) is 4.44. The lowest BCUT2D eigenvalue weighted by Crippen LogP contribution is -2.09. The van der Waals surface area contributed by atoms with E-state index in [0.717, 1.165) is 0 Å². The molecule has 21 heavy (non-hydrogen) atoms. The first-order valence-electron chi connectivity index (χ1n) is 6.00. The molecule has 1 aromatic carbocycles. The van der Waals surface area contributed by atoms with E-state index in [2.05, 4.69) is 9.97 Å². The summed E-state index contributed by atoms with van der Waals surface area (Å²) in [6.45, 7) is -0.328. The maximum atomic E-state index is 13.9. The SMILES string of the molecule is COc1cc2c(cc1F)c1c(N)ncnc1n2CC(=O)O. The molecule has 0 atom stereocenters. The quantitative estimate of drug-likeness (QED) is 0.755. The minimum Gasteiger partial charge on any atom is -0.494 e. The van der Waals surface area contributed by atoms with Crippen molar-refractivity contribution in [1.82, 2.24) is 14.5 Å². The summed E-state index contributed by atoms with van der Waals surface area (Å²) in [6.07, 6.45) is 1.24. The van der Waals surface area contributed by atoms with E-state index in [9.17, 15) is 9.18 Å². The second kappa shape index (κ2) is 4.58. The smallest absolute Gasteiger partial charge is 0.323 e. The number of fused-ring (bicyclic) bond motifs is 3. The molecule has 0 aliphatic rings. The fourth-order valence-corrected chi connectivity index (χ4v) is 2.38. The Balaban J connectivity index is 2.49. The number of hydrogen-bond acceptors (Lipinski definition) is 5. The Bertz CT molecular complexity index is 875. The lowest BCUT2D eigenvalue weighted by Gasteiger charge is -2.05. The molecule has 2 heterocycles. The van der Waals surface area contributed by atoms with Crippen LogP contribution in [0.5, 0.6) is 5.75 Å². The number of ether oxygens (including phenoxy) is 1. The van der Waals surface area contributed by atoms with Gasteiger partial charge in [0.25, 0.3) is 0 Å². The van der Waals surface area contributed by atoms with Crippen LogP contribution in [0, 0.1) is 5.82 Å². The van der Waals surface area contributed by atoms with E-state index >= 15 is 0 Å². The van der Waals surface area contributed by atoms with E-state index in [1.54, 1.807) is 0 Å². The van der Waals surface area contributed by atoms with Crippen LogP contribution in [0.4, 0.5) is 10.2 Å². The third kappa shape index (κ3) is 1.92. The first kappa shape index (κ1) is 13.1. The van der Waals surface area contributed by atoms with Gasteiger partial charge in [0.05, 0.1) is 18.0 Å². The average molecular weight is 290 g/mol. The van der Waals surface area contributed by atoms with Gasteiger partial charge in [0.15, 0.2) is 11.6 Å². The molecular weight excluding hydrogens is 279 g/mol. The second-order valence-electron chi connectivity index (χ2n) is 4.44. The molecule has 0 aliphatic carbocycles. The van der Waals surface area contributed by atoms with Crippen molar-refractivity contribution < 1.29 is 19.0 Å². The number of halogens is 1. The number of aliphatic carboxylic acids is 1. The van der Waals surface area contributed by atoms with E-state index in [0.29, 0.717) is 21.9 Å². The number of aromatic nitrogens is 3. The molecule has 0 saturated carbocycles. The number of nitrogens with zero attached hydrogens (tertiary/aromatic N) is 3. The molecule has 0 aliphatic heterocycles. The summed E-state index contributed by atoms with van der Waals surface area (Å²) in [5, 5.41) is 9.93.